The average molecular weight is 249 g/mol. The predicted octanol–water partition coefficient (Wildman–Crippen LogP) is 3.33. The van der Waals surface area contributed by atoms with Crippen molar-refractivity contribution in [2.24, 2.45) is 5.92 Å². The van der Waals surface area contributed by atoms with Crippen LogP contribution in [0.2, 0.25) is 0 Å². The lowest BCUT2D eigenvalue weighted by Crippen LogP contribution is -2.37. The van der Waals surface area contributed by atoms with Crippen molar-refractivity contribution < 1.29 is 0 Å². The summed E-state index contributed by atoms with van der Waals surface area (Å²) in [6, 6.07) is 0. The third-order valence-electron chi connectivity index (χ3n) is 2.98. The van der Waals surface area contributed by atoms with E-state index in [4.69, 9.17) is 0 Å². The van der Waals surface area contributed by atoms with E-state index < -0.39 is 0 Å². The van der Waals surface area contributed by atoms with Crippen LogP contribution in [0.25, 0.3) is 6.08 Å². The Labute approximate surface area is 111 Å². The van der Waals surface area contributed by atoms with Crippen LogP contribution in [0.1, 0.15) is 47.2 Å². The highest BCUT2D eigenvalue weighted by atomic mass is 15.0. The van der Waals surface area contributed by atoms with Gasteiger partial charge in [0.1, 0.15) is 0 Å². The predicted molar refractivity (Wildman–Crippen MR) is 78.5 cm³/mol. The maximum Gasteiger partial charge on any atom is 0.0950 e. The van der Waals surface area contributed by atoms with Gasteiger partial charge in [0.25, 0.3) is 0 Å². The molecule has 0 unspecified atom stereocenters. The first-order valence-electron chi connectivity index (χ1n) is 6.79. The molecule has 0 bridgehead atoms. The minimum absolute atomic E-state index is 0.152. The highest BCUT2D eigenvalue weighted by Gasteiger charge is 2.12. The molecule has 0 saturated carbocycles. The van der Waals surface area contributed by atoms with Crippen LogP contribution in [0.5, 0.6) is 0 Å². The molecule has 1 rings (SSSR count). The highest BCUT2D eigenvalue weighted by molar-refractivity contribution is 5.49. The summed E-state index contributed by atoms with van der Waals surface area (Å²) in [6.45, 7) is 15.1. The highest BCUT2D eigenvalue weighted by Crippen LogP contribution is 2.15. The summed E-state index contributed by atoms with van der Waals surface area (Å²) in [4.78, 5) is 4.21. The molecular weight excluding hydrogens is 222 g/mol. The normalized spacial score (nSPS) is 13.4. The number of aromatic nitrogens is 2. The third-order valence-corrected chi connectivity index (χ3v) is 2.98. The molecule has 0 radical (unpaired) electrons. The molecule has 0 fully saturated rings. The molecule has 1 aromatic rings. The molecule has 1 heterocycles. The van der Waals surface area contributed by atoms with Gasteiger partial charge >= 0.3 is 0 Å². The lowest BCUT2D eigenvalue weighted by Gasteiger charge is -2.23. The Morgan fingerprint density at radius 2 is 2.11 bits per heavy atom. The van der Waals surface area contributed by atoms with Crippen molar-refractivity contribution in [3.8, 4) is 0 Å². The minimum atomic E-state index is 0.152. The Kier molecular flexibility index (Phi) is 5.15. The number of imidazole rings is 1. The van der Waals surface area contributed by atoms with Gasteiger partial charge in [0.05, 0.1) is 18.2 Å². The summed E-state index contributed by atoms with van der Waals surface area (Å²) < 4.78 is 2.17. The van der Waals surface area contributed by atoms with Gasteiger partial charge in [-0.3, -0.25) is 0 Å². The smallest absolute Gasteiger partial charge is 0.0950 e. The molecule has 0 amide bonds. The average Bonchev–Trinajstić information content (AvgIpc) is 2.69. The molecule has 0 aromatic carbocycles. The van der Waals surface area contributed by atoms with Crippen molar-refractivity contribution in [1.82, 2.24) is 14.9 Å². The fraction of sp³-hybridized carbons (Fsp3) is 0.667. The van der Waals surface area contributed by atoms with E-state index in [0.29, 0.717) is 5.92 Å². The van der Waals surface area contributed by atoms with Crippen molar-refractivity contribution in [1.29, 1.82) is 0 Å². The number of nitrogens with zero attached hydrogens (tertiary/aromatic N) is 2. The molecule has 102 valence electrons. The number of rotatable bonds is 5. The molecule has 3 nitrogen and oxygen atoms in total. The molecule has 0 atom stereocenters. The van der Waals surface area contributed by atoms with Gasteiger partial charge in [-0.05, 0) is 39.7 Å². The molecule has 0 spiro atoms. The van der Waals surface area contributed by atoms with Crippen LogP contribution in [0.4, 0.5) is 0 Å². The lowest BCUT2D eigenvalue weighted by atomic mass is 10.00. The van der Waals surface area contributed by atoms with Crippen molar-refractivity contribution in [3.63, 3.8) is 0 Å². The fourth-order valence-electron chi connectivity index (χ4n) is 1.69. The quantitative estimate of drug-likeness (QED) is 0.867. The SMILES string of the molecule is CCn1cncc1C=C(CNC(C)(C)C)C(C)C. The molecule has 1 N–H and O–H groups in total. The van der Waals surface area contributed by atoms with Crippen LogP contribution in [0, 0.1) is 5.92 Å². The standard InChI is InChI=1S/C15H27N3/c1-7-18-11-16-10-14(18)8-13(12(2)3)9-17-15(4,5)6/h8,10-12,17H,7,9H2,1-6H3. The molecule has 0 saturated heterocycles. The minimum Gasteiger partial charge on any atom is -0.331 e. The summed E-state index contributed by atoms with van der Waals surface area (Å²) in [5.74, 6) is 0.542. The van der Waals surface area contributed by atoms with Crippen molar-refractivity contribution >= 4 is 6.08 Å². The number of nitrogens with one attached hydrogen (secondary N) is 1. The molecule has 0 aliphatic carbocycles. The molecule has 0 aliphatic rings. The fourth-order valence-corrected chi connectivity index (χ4v) is 1.69. The zero-order chi connectivity index (χ0) is 13.8. The zero-order valence-corrected chi connectivity index (χ0v) is 12.6. The Morgan fingerprint density at radius 1 is 1.44 bits per heavy atom. The van der Waals surface area contributed by atoms with Crippen molar-refractivity contribution in [2.45, 2.75) is 53.6 Å². The van der Waals surface area contributed by atoms with Gasteiger partial charge in [0, 0.05) is 18.6 Å². The largest absolute Gasteiger partial charge is 0.331 e. The lowest BCUT2D eigenvalue weighted by molar-refractivity contribution is 0.437. The van der Waals surface area contributed by atoms with Crippen LogP contribution in [-0.2, 0) is 6.54 Å². The number of aryl methyl sites for hydroxylation is 1. The van der Waals surface area contributed by atoms with Gasteiger partial charge in [-0.1, -0.05) is 19.4 Å². The molecular formula is C15H27N3. The second-order valence-electron chi connectivity index (χ2n) is 6.08. The van der Waals surface area contributed by atoms with E-state index in [0.717, 1.165) is 13.1 Å². The van der Waals surface area contributed by atoms with Crippen molar-refractivity contribution in [3.05, 3.63) is 23.8 Å². The van der Waals surface area contributed by atoms with E-state index in [9.17, 15) is 0 Å². The van der Waals surface area contributed by atoms with E-state index in [1.165, 1.54) is 11.3 Å². The van der Waals surface area contributed by atoms with E-state index in [-0.39, 0.29) is 5.54 Å². The maximum atomic E-state index is 4.21. The Bertz CT molecular complexity index is 394. The number of hydrogen-bond acceptors (Lipinski definition) is 2. The van der Waals surface area contributed by atoms with Gasteiger partial charge in [-0.25, -0.2) is 4.98 Å². The summed E-state index contributed by atoms with van der Waals surface area (Å²) in [5.41, 5.74) is 2.76. The molecule has 18 heavy (non-hydrogen) atoms. The van der Waals surface area contributed by atoms with Gasteiger partial charge in [-0.2, -0.15) is 0 Å². The van der Waals surface area contributed by atoms with Crippen molar-refractivity contribution in [2.75, 3.05) is 6.54 Å². The summed E-state index contributed by atoms with van der Waals surface area (Å²) in [7, 11) is 0. The second kappa shape index (κ2) is 6.19. The first-order valence-corrected chi connectivity index (χ1v) is 6.79. The van der Waals surface area contributed by atoms with Crippen LogP contribution in [0.15, 0.2) is 18.1 Å². The van der Waals surface area contributed by atoms with Crippen LogP contribution in [0.3, 0.4) is 0 Å². The molecule has 1 aromatic heterocycles. The van der Waals surface area contributed by atoms with E-state index >= 15 is 0 Å². The second-order valence-corrected chi connectivity index (χ2v) is 6.08. The van der Waals surface area contributed by atoms with Crippen LogP contribution in [-0.4, -0.2) is 21.6 Å². The topological polar surface area (TPSA) is 29.9 Å². The number of hydrogen-bond donors (Lipinski definition) is 1. The molecule has 3 heteroatoms. The third kappa shape index (κ3) is 4.65. The van der Waals surface area contributed by atoms with E-state index in [2.05, 4.69) is 62.5 Å². The summed E-state index contributed by atoms with van der Waals surface area (Å²) >= 11 is 0. The van der Waals surface area contributed by atoms with Gasteiger partial charge < -0.3 is 9.88 Å². The van der Waals surface area contributed by atoms with Crippen LogP contribution < -0.4 is 5.32 Å². The Hall–Kier alpha value is -1.09. The van der Waals surface area contributed by atoms with Gasteiger partial charge in [0.15, 0.2) is 0 Å². The first kappa shape index (κ1) is 15.0. The van der Waals surface area contributed by atoms with Crippen LogP contribution >= 0.6 is 0 Å². The Balaban J connectivity index is 2.85. The monoisotopic (exact) mass is 249 g/mol. The first-order chi connectivity index (χ1) is 8.33. The maximum absolute atomic E-state index is 4.21. The summed E-state index contributed by atoms with van der Waals surface area (Å²) in [5, 5.41) is 3.56. The molecule has 0 aliphatic heterocycles. The van der Waals surface area contributed by atoms with E-state index in [1.807, 2.05) is 12.5 Å². The van der Waals surface area contributed by atoms with Gasteiger partial charge in [-0.15, -0.1) is 0 Å². The van der Waals surface area contributed by atoms with Gasteiger partial charge in [0.2, 0.25) is 0 Å². The summed E-state index contributed by atoms with van der Waals surface area (Å²) in [6.07, 6.45) is 6.09. The van der Waals surface area contributed by atoms with E-state index in [1.54, 1.807) is 0 Å². The Morgan fingerprint density at radius 3 is 2.61 bits per heavy atom. The zero-order valence-electron chi connectivity index (χ0n) is 12.6.